The molecule has 1 N–H and O–H groups in total. The van der Waals surface area contributed by atoms with Crippen LogP contribution in [0.5, 0.6) is 5.75 Å². The van der Waals surface area contributed by atoms with E-state index in [0.717, 1.165) is 29.7 Å². The Kier molecular flexibility index (Phi) is 6.81. The molecule has 6 nitrogen and oxygen atoms in total. The zero-order valence-corrected chi connectivity index (χ0v) is 20.3. The Balaban J connectivity index is 1.42. The average molecular weight is 490 g/mol. The zero-order valence-electron chi connectivity index (χ0n) is 20.3. The third kappa shape index (κ3) is 4.87. The number of fused-ring (bicyclic) bond motifs is 2. The lowest BCUT2D eigenvalue weighted by atomic mass is 9.96. The van der Waals surface area contributed by atoms with Gasteiger partial charge in [-0.1, -0.05) is 6.07 Å². The van der Waals surface area contributed by atoms with Crippen molar-refractivity contribution in [2.75, 3.05) is 26.7 Å². The molecular weight excluding hydrogens is 459 g/mol. The van der Waals surface area contributed by atoms with E-state index in [1.165, 1.54) is 17.7 Å². The van der Waals surface area contributed by atoms with Crippen LogP contribution < -0.4 is 10.1 Å². The highest BCUT2D eigenvalue weighted by molar-refractivity contribution is 5.94. The molecular formula is C26H30F3N3O3. The highest BCUT2D eigenvalue weighted by Crippen LogP contribution is 2.39. The molecule has 9 heteroatoms. The summed E-state index contributed by atoms with van der Waals surface area (Å²) >= 11 is 0. The second kappa shape index (κ2) is 9.53. The quantitative estimate of drug-likeness (QED) is 0.664. The normalized spacial score (nSPS) is 20.7. The van der Waals surface area contributed by atoms with Gasteiger partial charge in [-0.05, 0) is 74.2 Å². The van der Waals surface area contributed by atoms with Gasteiger partial charge in [0, 0.05) is 43.8 Å². The number of alkyl halides is 3. The average Bonchev–Trinajstić information content (AvgIpc) is 3.45. The van der Waals surface area contributed by atoms with Crippen molar-refractivity contribution in [2.45, 2.75) is 51.5 Å². The number of piperazine rings is 1. The summed E-state index contributed by atoms with van der Waals surface area (Å²) in [4.78, 5) is 28.7. The van der Waals surface area contributed by atoms with E-state index in [-0.39, 0.29) is 42.1 Å². The standard InChI is InChI=1S/C26H30F3N3O3/c1-15-16(2)23(35-14-24(33)30-4)10-9-22(15)17(3)31-12-21-11-20(31)13-32(21)25(34)18-5-7-19(8-6-18)26(27,28)29/h5-10,17,20-21H,11-14H2,1-4H3,(H,30,33)/t17-,20-,21-/m1/s1. The second-order valence-electron chi connectivity index (χ2n) is 9.31. The summed E-state index contributed by atoms with van der Waals surface area (Å²) in [6, 6.07) is 8.72. The lowest BCUT2D eigenvalue weighted by Gasteiger charge is -2.38. The Morgan fingerprint density at radius 3 is 2.31 bits per heavy atom. The van der Waals surface area contributed by atoms with Crippen LogP contribution in [0.15, 0.2) is 36.4 Å². The van der Waals surface area contributed by atoms with Crippen LogP contribution in [0.3, 0.4) is 0 Å². The number of likely N-dealkylation sites (N-methyl/N-ethyl adjacent to an activating group) is 1. The maximum absolute atomic E-state index is 13.0. The van der Waals surface area contributed by atoms with Gasteiger partial charge in [0.15, 0.2) is 6.61 Å². The molecule has 0 aliphatic carbocycles. The predicted molar refractivity (Wildman–Crippen MR) is 125 cm³/mol. The fraction of sp³-hybridized carbons (Fsp3) is 0.462. The summed E-state index contributed by atoms with van der Waals surface area (Å²) in [6.45, 7) is 7.40. The first-order valence-electron chi connectivity index (χ1n) is 11.7. The summed E-state index contributed by atoms with van der Waals surface area (Å²) in [5, 5.41) is 2.54. The number of halogens is 3. The fourth-order valence-corrected chi connectivity index (χ4v) is 5.21. The SMILES string of the molecule is CNC(=O)COc1ccc([C@@H](C)N2C[C@H]3C[C@@H]2CN3C(=O)c2ccc(C(F)(F)F)cc2)c(C)c1C. The Morgan fingerprint density at radius 1 is 1.06 bits per heavy atom. The zero-order chi connectivity index (χ0) is 25.5. The topological polar surface area (TPSA) is 61.9 Å². The van der Waals surface area contributed by atoms with Gasteiger partial charge in [-0.15, -0.1) is 0 Å². The van der Waals surface area contributed by atoms with Gasteiger partial charge in [0.25, 0.3) is 11.8 Å². The van der Waals surface area contributed by atoms with Gasteiger partial charge in [-0.25, -0.2) is 0 Å². The van der Waals surface area contributed by atoms with E-state index < -0.39 is 11.7 Å². The number of amides is 2. The summed E-state index contributed by atoms with van der Waals surface area (Å²) in [5.41, 5.74) is 2.79. The lowest BCUT2D eigenvalue weighted by molar-refractivity contribution is -0.137. The molecule has 0 unspecified atom stereocenters. The van der Waals surface area contributed by atoms with Crippen molar-refractivity contribution >= 4 is 11.8 Å². The molecule has 2 heterocycles. The van der Waals surface area contributed by atoms with E-state index in [1.54, 1.807) is 11.9 Å². The van der Waals surface area contributed by atoms with Gasteiger partial charge < -0.3 is 15.0 Å². The van der Waals surface area contributed by atoms with Crippen molar-refractivity contribution in [2.24, 2.45) is 0 Å². The molecule has 2 saturated heterocycles. The highest BCUT2D eigenvalue weighted by Gasteiger charge is 2.47. The number of rotatable bonds is 6. The van der Waals surface area contributed by atoms with Crippen LogP contribution in [-0.2, 0) is 11.0 Å². The summed E-state index contributed by atoms with van der Waals surface area (Å²) < 4.78 is 44.2. The number of hydrogen-bond acceptors (Lipinski definition) is 4. The molecule has 188 valence electrons. The van der Waals surface area contributed by atoms with Crippen molar-refractivity contribution in [3.63, 3.8) is 0 Å². The first-order chi connectivity index (χ1) is 16.5. The minimum atomic E-state index is -4.42. The Labute approximate surface area is 203 Å². The Bertz CT molecular complexity index is 1120. The van der Waals surface area contributed by atoms with Crippen LogP contribution in [-0.4, -0.2) is 60.4 Å². The Morgan fingerprint density at radius 2 is 1.74 bits per heavy atom. The minimum absolute atomic E-state index is 0.0359. The molecule has 3 atom stereocenters. The summed E-state index contributed by atoms with van der Waals surface area (Å²) in [6.07, 6.45) is -3.57. The number of benzene rings is 2. The lowest BCUT2D eigenvalue weighted by Crippen LogP contribution is -2.49. The third-order valence-corrected chi connectivity index (χ3v) is 7.37. The number of carbonyl (C=O) groups excluding carboxylic acids is 2. The van der Waals surface area contributed by atoms with Crippen LogP contribution >= 0.6 is 0 Å². The molecule has 0 spiro atoms. The maximum atomic E-state index is 13.0. The van der Waals surface area contributed by atoms with Gasteiger partial charge in [0.1, 0.15) is 5.75 Å². The van der Waals surface area contributed by atoms with Crippen LogP contribution in [0, 0.1) is 13.8 Å². The first-order valence-corrected chi connectivity index (χ1v) is 11.7. The summed E-state index contributed by atoms with van der Waals surface area (Å²) in [5.74, 6) is 0.268. The van der Waals surface area contributed by atoms with E-state index >= 15 is 0 Å². The van der Waals surface area contributed by atoms with Gasteiger partial charge in [0.2, 0.25) is 0 Å². The molecule has 2 fully saturated rings. The molecule has 2 bridgehead atoms. The molecule has 2 amide bonds. The van der Waals surface area contributed by atoms with Crippen LogP contribution in [0.25, 0.3) is 0 Å². The fourth-order valence-electron chi connectivity index (χ4n) is 5.21. The van der Waals surface area contributed by atoms with Gasteiger partial charge in [-0.2, -0.15) is 13.2 Å². The van der Waals surface area contributed by atoms with Crippen molar-refractivity contribution in [1.29, 1.82) is 0 Å². The molecule has 0 saturated carbocycles. The van der Waals surface area contributed by atoms with Crippen molar-refractivity contribution in [1.82, 2.24) is 15.1 Å². The minimum Gasteiger partial charge on any atom is -0.483 e. The molecule has 2 aromatic carbocycles. The van der Waals surface area contributed by atoms with E-state index in [9.17, 15) is 22.8 Å². The summed E-state index contributed by atoms with van der Waals surface area (Å²) in [7, 11) is 1.57. The van der Waals surface area contributed by atoms with Gasteiger partial charge in [0.05, 0.1) is 5.56 Å². The largest absolute Gasteiger partial charge is 0.483 e. The van der Waals surface area contributed by atoms with Crippen LogP contribution in [0.2, 0.25) is 0 Å². The number of hydrogen-bond donors (Lipinski definition) is 1. The molecule has 2 aliphatic heterocycles. The number of nitrogens with one attached hydrogen (secondary N) is 1. The van der Waals surface area contributed by atoms with E-state index in [4.69, 9.17) is 4.74 Å². The van der Waals surface area contributed by atoms with Crippen molar-refractivity contribution < 1.29 is 27.5 Å². The van der Waals surface area contributed by atoms with Gasteiger partial charge in [-0.3, -0.25) is 14.5 Å². The number of nitrogens with zero attached hydrogens (tertiary/aromatic N) is 2. The maximum Gasteiger partial charge on any atom is 0.416 e. The second-order valence-corrected chi connectivity index (χ2v) is 9.31. The number of likely N-dealkylation sites (tertiary alicyclic amines) is 2. The van der Waals surface area contributed by atoms with Crippen LogP contribution in [0.4, 0.5) is 13.2 Å². The molecule has 2 aliphatic rings. The predicted octanol–water partition coefficient (Wildman–Crippen LogP) is 4.11. The molecule has 35 heavy (non-hydrogen) atoms. The molecule has 0 radical (unpaired) electrons. The molecule has 0 aromatic heterocycles. The molecule has 2 aromatic rings. The Hall–Kier alpha value is -3.07. The third-order valence-electron chi connectivity index (χ3n) is 7.37. The first kappa shape index (κ1) is 25.0. The van der Waals surface area contributed by atoms with Crippen LogP contribution in [0.1, 0.15) is 52.0 Å². The van der Waals surface area contributed by atoms with Crippen molar-refractivity contribution in [3.05, 3.63) is 64.2 Å². The van der Waals surface area contributed by atoms with E-state index in [0.29, 0.717) is 18.8 Å². The monoisotopic (exact) mass is 489 g/mol. The number of carbonyl (C=O) groups is 2. The smallest absolute Gasteiger partial charge is 0.416 e. The van der Waals surface area contributed by atoms with E-state index in [1.807, 2.05) is 26.0 Å². The number of ether oxygens (including phenoxy) is 1. The van der Waals surface area contributed by atoms with E-state index in [2.05, 4.69) is 17.1 Å². The van der Waals surface area contributed by atoms with Gasteiger partial charge >= 0.3 is 6.18 Å². The van der Waals surface area contributed by atoms with Crippen molar-refractivity contribution in [3.8, 4) is 5.75 Å². The molecule has 4 rings (SSSR count). The highest BCUT2D eigenvalue weighted by atomic mass is 19.4.